The zero-order valence-corrected chi connectivity index (χ0v) is 17.9. The van der Waals surface area contributed by atoms with Gasteiger partial charge >= 0.3 is 5.97 Å². The van der Waals surface area contributed by atoms with Gasteiger partial charge in [-0.3, -0.25) is 4.79 Å². The van der Waals surface area contributed by atoms with Crippen LogP contribution in [0.4, 0.5) is 0 Å². The van der Waals surface area contributed by atoms with Crippen LogP contribution in [-0.2, 0) is 9.53 Å². The molecule has 0 saturated heterocycles. The Hall–Kier alpha value is -3.54. The molecular weight excluding hydrogens is 396 g/mol. The molecule has 0 saturated carbocycles. The summed E-state index contributed by atoms with van der Waals surface area (Å²) in [6, 6.07) is 12.6. The van der Waals surface area contributed by atoms with E-state index < -0.39 is 11.6 Å². The van der Waals surface area contributed by atoms with Gasteiger partial charge in [0.25, 0.3) is 0 Å². The van der Waals surface area contributed by atoms with Gasteiger partial charge in [-0.1, -0.05) is 18.2 Å². The van der Waals surface area contributed by atoms with Crippen LogP contribution in [0.1, 0.15) is 43.6 Å². The summed E-state index contributed by atoms with van der Waals surface area (Å²) in [4.78, 5) is 24.6. The number of carbonyl (C=O) groups is 2. The number of para-hydroxylation sites is 1. The Kier molecular flexibility index (Phi) is 5.31. The van der Waals surface area contributed by atoms with Crippen molar-refractivity contribution < 1.29 is 28.5 Å². The van der Waals surface area contributed by atoms with Crippen molar-refractivity contribution in [2.75, 3.05) is 6.61 Å². The minimum absolute atomic E-state index is 0.208. The first-order valence-corrected chi connectivity index (χ1v) is 10.1. The standard InChI is InChI=1S/C25H24O6/c1-15-17(11-16-7-5-6-8-20(16)29-15)12-22-24(27)19-10-9-18(13-21(19)30-22)28-14-23(26)31-25(2,3)4/h5-13,15H,14H2,1-4H3/t15-/m1/s1. The smallest absolute Gasteiger partial charge is 0.344 e. The maximum atomic E-state index is 12.8. The van der Waals surface area contributed by atoms with Gasteiger partial charge in [-0.25, -0.2) is 4.79 Å². The van der Waals surface area contributed by atoms with E-state index in [-0.39, 0.29) is 24.3 Å². The van der Waals surface area contributed by atoms with Gasteiger partial charge in [0.1, 0.15) is 29.0 Å². The number of benzene rings is 2. The van der Waals surface area contributed by atoms with E-state index in [1.54, 1.807) is 45.0 Å². The molecule has 0 aromatic heterocycles. The van der Waals surface area contributed by atoms with Crippen molar-refractivity contribution in [3.63, 3.8) is 0 Å². The van der Waals surface area contributed by atoms with Crippen molar-refractivity contribution in [3.05, 3.63) is 71.0 Å². The van der Waals surface area contributed by atoms with E-state index in [0.29, 0.717) is 17.1 Å². The molecule has 6 heteroatoms. The highest BCUT2D eigenvalue weighted by molar-refractivity contribution is 6.12. The molecule has 2 heterocycles. The number of allylic oxidation sites excluding steroid dienone is 1. The van der Waals surface area contributed by atoms with Crippen molar-refractivity contribution in [2.24, 2.45) is 0 Å². The average Bonchev–Trinajstić information content (AvgIpc) is 3.00. The van der Waals surface area contributed by atoms with Gasteiger partial charge in [0, 0.05) is 11.6 Å². The summed E-state index contributed by atoms with van der Waals surface area (Å²) in [7, 11) is 0. The number of esters is 1. The van der Waals surface area contributed by atoms with E-state index in [0.717, 1.165) is 16.9 Å². The molecule has 2 aromatic rings. The molecule has 4 rings (SSSR count). The van der Waals surface area contributed by atoms with Gasteiger partial charge in [0.2, 0.25) is 5.78 Å². The second-order valence-electron chi connectivity index (χ2n) is 8.42. The molecule has 2 aliphatic heterocycles. The van der Waals surface area contributed by atoms with Gasteiger partial charge in [-0.15, -0.1) is 0 Å². The second-order valence-corrected chi connectivity index (χ2v) is 8.42. The Morgan fingerprint density at radius 2 is 1.90 bits per heavy atom. The van der Waals surface area contributed by atoms with Crippen molar-refractivity contribution in [1.29, 1.82) is 0 Å². The molecule has 0 unspecified atom stereocenters. The van der Waals surface area contributed by atoms with Gasteiger partial charge in [0.15, 0.2) is 12.4 Å². The highest BCUT2D eigenvalue weighted by Crippen LogP contribution is 2.36. The minimum atomic E-state index is -0.581. The molecule has 6 nitrogen and oxygen atoms in total. The Balaban J connectivity index is 1.49. The predicted octanol–water partition coefficient (Wildman–Crippen LogP) is 4.73. The Bertz CT molecular complexity index is 1100. The van der Waals surface area contributed by atoms with Crippen LogP contribution >= 0.6 is 0 Å². The summed E-state index contributed by atoms with van der Waals surface area (Å²) in [5, 5.41) is 0. The summed E-state index contributed by atoms with van der Waals surface area (Å²) in [5.74, 6) is 1.17. The van der Waals surface area contributed by atoms with Gasteiger partial charge in [-0.05, 0) is 63.6 Å². The first-order valence-electron chi connectivity index (χ1n) is 10.1. The average molecular weight is 420 g/mol. The summed E-state index contributed by atoms with van der Waals surface area (Å²) in [6.45, 7) is 7.07. The number of fused-ring (bicyclic) bond motifs is 2. The number of carbonyl (C=O) groups excluding carboxylic acids is 2. The lowest BCUT2D eigenvalue weighted by Gasteiger charge is -2.22. The summed E-state index contributed by atoms with van der Waals surface area (Å²) in [6.07, 6.45) is 3.49. The Morgan fingerprint density at radius 1 is 1.13 bits per heavy atom. The number of Topliss-reactive ketones (excluding diaryl/α,β-unsaturated/α-hetero) is 1. The first kappa shape index (κ1) is 20.7. The number of hydrogen-bond acceptors (Lipinski definition) is 6. The lowest BCUT2D eigenvalue weighted by Crippen LogP contribution is -2.27. The van der Waals surface area contributed by atoms with Crippen LogP contribution < -0.4 is 14.2 Å². The molecule has 160 valence electrons. The SMILES string of the molecule is C[C@H]1Oc2ccccc2C=C1C=C1Oc2cc(OCC(=O)OC(C)(C)C)ccc2C1=O. The van der Waals surface area contributed by atoms with Gasteiger partial charge in [0.05, 0.1) is 5.56 Å². The van der Waals surface area contributed by atoms with E-state index in [1.165, 1.54) is 0 Å². The first-order chi connectivity index (χ1) is 14.7. The molecule has 31 heavy (non-hydrogen) atoms. The zero-order chi connectivity index (χ0) is 22.2. The largest absolute Gasteiger partial charge is 0.485 e. The number of rotatable bonds is 4. The van der Waals surface area contributed by atoms with Crippen LogP contribution in [0, 0.1) is 0 Å². The monoisotopic (exact) mass is 420 g/mol. The van der Waals surface area contributed by atoms with E-state index in [4.69, 9.17) is 18.9 Å². The van der Waals surface area contributed by atoms with E-state index in [2.05, 4.69) is 0 Å². The van der Waals surface area contributed by atoms with E-state index >= 15 is 0 Å². The quantitative estimate of drug-likeness (QED) is 0.526. The second kappa shape index (κ2) is 7.95. The summed E-state index contributed by atoms with van der Waals surface area (Å²) < 4.78 is 22.5. The van der Waals surface area contributed by atoms with Crippen LogP contribution in [0.5, 0.6) is 17.2 Å². The van der Waals surface area contributed by atoms with E-state index in [1.807, 2.05) is 37.3 Å². The molecule has 0 aliphatic carbocycles. The molecule has 0 N–H and O–H groups in total. The lowest BCUT2D eigenvalue weighted by atomic mass is 10.0. The number of ketones is 1. The zero-order valence-electron chi connectivity index (χ0n) is 17.9. The Labute approximate surface area is 181 Å². The van der Waals surface area contributed by atoms with Gasteiger partial charge < -0.3 is 18.9 Å². The third-order valence-corrected chi connectivity index (χ3v) is 4.73. The summed E-state index contributed by atoms with van der Waals surface area (Å²) >= 11 is 0. The highest BCUT2D eigenvalue weighted by atomic mass is 16.6. The third kappa shape index (κ3) is 4.63. The maximum Gasteiger partial charge on any atom is 0.344 e. The topological polar surface area (TPSA) is 71.1 Å². The fourth-order valence-corrected chi connectivity index (χ4v) is 3.34. The van der Waals surface area contributed by atoms with Crippen molar-refractivity contribution >= 4 is 17.8 Å². The minimum Gasteiger partial charge on any atom is -0.485 e. The van der Waals surface area contributed by atoms with Crippen molar-refractivity contribution in [3.8, 4) is 17.2 Å². The number of hydrogen-bond donors (Lipinski definition) is 0. The molecule has 0 fully saturated rings. The van der Waals surface area contributed by atoms with Crippen molar-refractivity contribution in [2.45, 2.75) is 39.4 Å². The predicted molar refractivity (Wildman–Crippen MR) is 115 cm³/mol. The third-order valence-electron chi connectivity index (χ3n) is 4.73. The molecule has 0 amide bonds. The molecule has 0 radical (unpaired) electrons. The van der Waals surface area contributed by atoms with Crippen LogP contribution in [0.25, 0.3) is 6.08 Å². The normalized spacial score (nSPS) is 18.5. The maximum absolute atomic E-state index is 12.8. The van der Waals surface area contributed by atoms with Crippen LogP contribution in [0.3, 0.4) is 0 Å². The Morgan fingerprint density at radius 3 is 2.68 bits per heavy atom. The molecule has 0 bridgehead atoms. The van der Waals surface area contributed by atoms with Crippen LogP contribution in [-0.4, -0.2) is 30.1 Å². The molecule has 2 aliphatic rings. The van der Waals surface area contributed by atoms with Gasteiger partial charge in [-0.2, -0.15) is 0 Å². The lowest BCUT2D eigenvalue weighted by molar-refractivity contribution is -0.157. The molecule has 1 atom stereocenters. The highest BCUT2D eigenvalue weighted by Gasteiger charge is 2.29. The molecular formula is C25H24O6. The molecule has 2 aromatic carbocycles. The fourth-order valence-electron chi connectivity index (χ4n) is 3.34. The van der Waals surface area contributed by atoms with Crippen LogP contribution in [0.2, 0.25) is 0 Å². The van der Waals surface area contributed by atoms with Crippen molar-refractivity contribution in [1.82, 2.24) is 0 Å². The fraction of sp³-hybridized carbons (Fsp3) is 0.280. The number of ether oxygens (including phenoxy) is 4. The van der Waals surface area contributed by atoms with E-state index in [9.17, 15) is 9.59 Å². The van der Waals surface area contributed by atoms with Crippen LogP contribution in [0.15, 0.2) is 59.9 Å². The summed E-state index contributed by atoms with van der Waals surface area (Å²) in [5.41, 5.74) is 1.66. The molecule has 0 spiro atoms.